The fourth-order valence-electron chi connectivity index (χ4n) is 4.19. The molecule has 0 radical (unpaired) electrons. The number of sulfonamides is 1. The summed E-state index contributed by atoms with van der Waals surface area (Å²) in [5, 5.41) is 15.1. The van der Waals surface area contributed by atoms with Crippen molar-refractivity contribution in [3.8, 4) is 6.07 Å². The standard InChI is InChI=1S/C21H22N4O3S/c1-13-6-11-19(28-13)20-16-4-2-3-5-18(16)25(21(23)17(20)12-22)14-7-9-15(10-8-14)29(24,26)27/h6-11,20H,2-5,23H2,1H3,(H2,24,26,27). The van der Waals surface area contributed by atoms with Crippen LogP contribution in [0, 0.1) is 18.3 Å². The molecule has 0 amide bonds. The van der Waals surface area contributed by atoms with Crippen molar-refractivity contribution < 1.29 is 12.8 Å². The molecule has 0 fully saturated rings. The van der Waals surface area contributed by atoms with Gasteiger partial charge in [0, 0.05) is 11.4 Å². The quantitative estimate of drug-likeness (QED) is 0.799. The summed E-state index contributed by atoms with van der Waals surface area (Å²) in [5.74, 6) is 1.56. The number of nitrogens with two attached hydrogens (primary N) is 2. The van der Waals surface area contributed by atoms with Gasteiger partial charge in [0.25, 0.3) is 0 Å². The topological polar surface area (TPSA) is 126 Å². The number of hydrogen-bond acceptors (Lipinski definition) is 6. The highest BCUT2D eigenvalue weighted by Gasteiger charge is 2.38. The Balaban J connectivity index is 1.87. The van der Waals surface area contributed by atoms with Crippen LogP contribution in [0.1, 0.15) is 43.1 Å². The second kappa shape index (κ2) is 7.10. The largest absolute Gasteiger partial charge is 0.465 e. The van der Waals surface area contributed by atoms with E-state index in [-0.39, 0.29) is 10.8 Å². The molecule has 4 rings (SSSR count). The SMILES string of the molecule is Cc1ccc(C2C(C#N)=C(N)N(c3ccc(S(N)(=O)=O)cc3)C3=C2CCCC3)o1. The molecule has 0 saturated heterocycles. The number of allylic oxidation sites excluding steroid dienone is 3. The molecule has 1 atom stereocenters. The van der Waals surface area contributed by atoms with Gasteiger partial charge in [-0.2, -0.15) is 5.26 Å². The Morgan fingerprint density at radius 2 is 1.83 bits per heavy atom. The molecule has 1 aromatic carbocycles. The van der Waals surface area contributed by atoms with Crippen LogP contribution in [0.15, 0.2) is 68.4 Å². The summed E-state index contributed by atoms with van der Waals surface area (Å²) in [7, 11) is -3.78. The van der Waals surface area contributed by atoms with E-state index in [0.717, 1.165) is 48.5 Å². The first kappa shape index (κ1) is 19.3. The van der Waals surface area contributed by atoms with E-state index in [4.69, 9.17) is 15.3 Å². The van der Waals surface area contributed by atoms with Gasteiger partial charge in [0.15, 0.2) is 0 Å². The highest BCUT2D eigenvalue weighted by molar-refractivity contribution is 7.89. The van der Waals surface area contributed by atoms with Gasteiger partial charge in [0.1, 0.15) is 17.3 Å². The van der Waals surface area contributed by atoms with E-state index in [1.807, 2.05) is 24.0 Å². The highest BCUT2D eigenvalue weighted by atomic mass is 32.2. The lowest BCUT2D eigenvalue weighted by atomic mass is 9.78. The van der Waals surface area contributed by atoms with Crippen molar-refractivity contribution in [2.45, 2.75) is 43.4 Å². The fourth-order valence-corrected chi connectivity index (χ4v) is 4.71. The Morgan fingerprint density at radius 3 is 2.41 bits per heavy atom. The Kier molecular flexibility index (Phi) is 4.73. The molecule has 4 N–H and O–H groups in total. The summed E-state index contributed by atoms with van der Waals surface area (Å²) in [5.41, 5.74) is 9.82. The van der Waals surface area contributed by atoms with Gasteiger partial charge in [-0.1, -0.05) is 0 Å². The van der Waals surface area contributed by atoms with Crippen LogP contribution in [0.25, 0.3) is 0 Å². The van der Waals surface area contributed by atoms with E-state index in [0.29, 0.717) is 17.1 Å². The first-order valence-electron chi connectivity index (χ1n) is 9.42. The van der Waals surface area contributed by atoms with Gasteiger partial charge < -0.3 is 10.2 Å². The zero-order valence-electron chi connectivity index (χ0n) is 16.1. The number of benzene rings is 1. The van der Waals surface area contributed by atoms with Crippen molar-refractivity contribution >= 4 is 15.7 Å². The number of hydrogen-bond donors (Lipinski definition) is 2. The molecule has 1 unspecified atom stereocenters. The third kappa shape index (κ3) is 3.33. The van der Waals surface area contributed by atoms with Crippen LogP contribution in [-0.2, 0) is 10.0 Å². The lowest BCUT2D eigenvalue weighted by Gasteiger charge is -2.39. The lowest BCUT2D eigenvalue weighted by Crippen LogP contribution is -2.36. The molecule has 0 bridgehead atoms. The van der Waals surface area contributed by atoms with Gasteiger partial charge in [-0.3, -0.25) is 4.90 Å². The zero-order valence-corrected chi connectivity index (χ0v) is 16.9. The van der Waals surface area contributed by atoms with Crippen molar-refractivity contribution in [3.05, 3.63) is 70.6 Å². The van der Waals surface area contributed by atoms with Crippen LogP contribution in [-0.4, -0.2) is 8.42 Å². The maximum absolute atomic E-state index is 11.6. The normalized spacial score (nSPS) is 19.9. The Hall–Kier alpha value is -3.02. The van der Waals surface area contributed by atoms with Crippen molar-refractivity contribution in [1.29, 1.82) is 5.26 Å². The van der Waals surface area contributed by atoms with Crippen LogP contribution in [0.5, 0.6) is 0 Å². The van der Waals surface area contributed by atoms with Crippen LogP contribution in [0.4, 0.5) is 5.69 Å². The minimum atomic E-state index is -3.78. The minimum Gasteiger partial charge on any atom is -0.465 e. The summed E-state index contributed by atoms with van der Waals surface area (Å²) < 4.78 is 29.0. The van der Waals surface area contributed by atoms with E-state index in [1.54, 1.807) is 12.1 Å². The molecule has 1 aliphatic heterocycles. The number of nitrogens with zero attached hydrogens (tertiary/aromatic N) is 2. The van der Waals surface area contributed by atoms with E-state index in [2.05, 4.69) is 6.07 Å². The molecule has 29 heavy (non-hydrogen) atoms. The maximum Gasteiger partial charge on any atom is 0.238 e. The first-order valence-corrected chi connectivity index (χ1v) is 11.0. The summed E-state index contributed by atoms with van der Waals surface area (Å²) in [6.45, 7) is 1.88. The molecule has 1 aliphatic carbocycles. The van der Waals surface area contributed by atoms with Crippen LogP contribution >= 0.6 is 0 Å². The van der Waals surface area contributed by atoms with Gasteiger partial charge in [0.2, 0.25) is 10.0 Å². The smallest absolute Gasteiger partial charge is 0.238 e. The molecule has 2 aromatic rings. The Morgan fingerprint density at radius 1 is 1.14 bits per heavy atom. The third-order valence-corrected chi connectivity index (χ3v) is 6.42. The molecule has 1 aromatic heterocycles. The van der Waals surface area contributed by atoms with Crippen molar-refractivity contribution in [2.75, 3.05) is 4.90 Å². The predicted molar refractivity (Wildman–Crippen MR) is 109 cm³/mol. The molecular formula is C21H22N4O3S. The van der Waals surface area contributed by atoms with Crippen molar-refractivity contribution in [1.82, 2.24) is 0 Å². The molecule has 0 saturated carbocycles. The molecule has 7 nitrogen and oxygen atoms in total. The summed E-state index contributed by atoms with van der Waals surface area (Å²) in [6, 6.07) is 12.3. The average molecular weight is 410 g/mol. The molecule has 8 heteroatoms. The summed E-state index contributed by atoms with van der Waals surface area (Å²) in [4.78, 5) is 1.90. The van der Waals surface area contributed by atoms with E-state index in [1.165, 1.54) is 12.1 Å². The predicted octanol–water partition coefficient (Wildman–Crippen LogP) is 3.36. The van der Waals surface area contributed by atoms with Gasteiger partial charge in [-0.05, 0) is 74.6 Å². The summed E-state index contributed by atoms with van der Waals surface area (Å²) in [6.07, 6.45) is 3.72. The molecular weight excluding hydrogens is 388 g/mol. The van der Waals surface area contributed by atoms with Gasteiger partial charge in [-0.15, -0.1) is 0 Å². The number of aryl methyl sites for hydroxylation is 1. The first-order chi connectivity index (χ1) is 13.8. The van der Waals surface area contributed by atoms with Gasteiger partial charge in [-0.25, -0.2) is 13.6 Å². The van der Waals surface area contributed by atoms with Gasteiger partial charge in [0.05, 0.1) is 22.5 Å². The van der Waals surface area contributed by atoms with E-state index < -0.39 is 10.0 Å². The fraction of sp³-hybridized carbons (Fsp3) is 0.286. The Labute approximate surface area is 169 Å². The van der Waals surface area contributed by atoms with Gasteiger partial charge >= 0.3 is 0 Å². The average Bonchev–Trinajstić information content (AvgIpc) is 3.12. The number of rotatable bonds is 3. The van der Waals surface area contributed by atoms with Crippen molar-refractivity contribution in [3.63, 3.8) is 0 Å². The molecule has 0 spiro atoms. The maximum atomic E-state index is 11.6. The third-order valence-electron chi connectivity index (χ3n) is 5.49. The lowest BCUT2D eigenvalue weighted by molar-refractivity contribution is 0.463. The number of furan rings is 1. The Bertz CT molecular complexity index is 1170. The summed E-state index contributed by atoms with van der Waals surface area (Å²) >= 11 is 0. The molecule has 2 aliphatic rings. The highest BCUT2D eigenvalue weighted by Crippen LogP contribution is 2.47. The zero-order chi connectivity index (χ0) is 20.8. The number of primary sulfonamides is 1. The molecule has 150 valence electrons. The number of nitriles is 1. The van der Waals surface area contributed by atoms with Crippen LogP contribution in [0.2, 0.25) is 0 Å². The monoisotopic (exact) mass is 410 g/mol. The second-order valence-electron chi connectivity index (χ2n) is 7.35. The number of anilines is 1. The van der Waals surface area contributed by atoms with E-state index in [9.17, 15) is 13.7 Å². The van der Waals surface area contributed by atoms with Crippen LogP contribution in [0.3, 0.4) is 0 Å². The van der Waals surface area contributed by atoms with Crippen molar-refractivity contribution in [2.24, 2.45) is 10.9 Å². The van der Waals surface area contributed by atoms with E-state index >= 15 is 0 Å². The van der Waals surface area contributed by atoms with Crippen LogP contribution < -0.4 is 15.8 Å². The minimum absolute atomic E-state index is 0.0306. The second-order valence-corrected chi connectivity index (χ2v) is 8.91. The molecule has 2 heterocycles.